The van der Waals surface area contributed by atoms with Crippen LogP contribution >= 0.6 is 0 Å². The number of benzene rings is 3. The number of para-hydroxylation sites is 1. The molecule has 1 aliphatic rings. The number of aliphatic imine (C=N–C) groups is 1. The first-order valence-electron chi connectivity index (χ1n) is 7.20. The zero-order valence-corrected chi connectivity index (χ0v) is 11.9. The summed E-state index contributed by atoms with van der Waals surface area (Å²) in [5.74, 6) is -0.0212. The van der Waals surface area contributed by atoms with E-state index in [9.17, 15) is 4.79 Å². The molecule has 0 unspecified atom stereocenters. The highest BCUT2D eigenvalue weighted by Crippen LogP contribution is 2.25. The maximum Gasteiger partial charge on any atom is 0.211 e. The van der Waals surface area contributed by atoms with E-state index >= 15 is 0 Å². The van der Waals surface area contributed by atoms with Crippen LogP contribution in [0.4, 0.5) is 5.69 Å². The van der Waals surface area contributed by atoms with E-state index in [0.29, 0.717) is 5.71 Å². The quantitative estimate of drug-likeness (QED) is 0.629. The van der Waals surface area contributed by atoms with E-state index in [1.807, 2.05) is 60.7 Å². The van der Waals surface area contributed by atoms with Crippen LogP contribution in [0.25, 0.3) is 16.8 Å². The minimum Gasteiger partial charge on any atom is -0.287 e. The molecule has 2 nitrogen and oxygen atoms in total. The van der Waals surface area contributed by atoms with Gasteiger partial charge in [0.15, 0.2) is 0 Å². The number of ketones is 1. The molecule has 22 heavy (non-hydrogen) atoms. The summed E-state index contributed by atoms with van der Waals surface area (Å²) in [6.07, 6.45) is 3.76. The Morgan fingerprint density at radius 3 is 2.18 bits per heavy atom. The first-order chi connectivity index (χ1) is 10.8. The smallest absolute Gasteiger partial charge is 0.211 e. The Hall–Kier alpha value is -3.00. The highest BCUT2D eigenvalue weighted by molar-refractivity contribution is 6.52. The zero-order valence-electron chi connectivity index (χ0n) is 11.9. The minimum atomic E-state index is -0.0212. The van der Waals surface area contributed by atoms with E-state index in [2.05, 4.69) is 17.1 Å². The van der Waals surface area contributed by atoms with Gasteiger partial charge in [0.05, 0.1) is 5.69 Å². The molecule has 0 saturated carbocycles. The number of nitrogens with zero attached hydrogens (tertiary/aromatic N) is 1. The Morgan fingerprint density at radius 2 is 1.41 bits per heavy atom. The molecule has 0 N–H and O–H groups in total. The molecular formula is C20H13NO. The van der Waals surface area contributed by atoms with Gasteiger partial charge in [-0.3, -0.25) is 4.79 Å². The molecule has 0 atom stereocenters. The van der Waals surface area contributed by atoms with Gasteiger partial charge in [-0.25, -0.2) is 4.99 Å². The lowest BCUT2D eigenvalue weighted by molar-refractivity contribution is 0.106. The molecular weight excluding hydrogens is 270 g/mol. The normalized spacial score (nSPS) is 15.3. The van der Waals surface area contributed by atoms with Crippen LogP contribution in [0, 0.1) is 0 Å². The van der Waals surface area contributed by atoms with E-state index in [-0.39, 0.29) is 5.78 Å². The number of rotatable bonds is 1. The molecule has 0 bridgehead atoms. The van der Waals surface area contributed by atoms with Crippen LogP contribution in [0.15, 0.2) is 77.8 Å². The molecule has 0 radical (unpaired) electrons. The van der Waals surface area contributed by atoms with Crippen molar-refractivity contribution in [2.24, 2.45) is 4.99 Å². The van der Waals surface area contributed by atoms with Crippen molar-refractivity contribution in [2.75, 3.05) is 0 Å². The molecule has 3 aromatic carbocycles. The molecule has 0 aromatic heterocycles. The predicted molar refractivity (Wildman–Crippen MR) is 90.8 cm³/mol. The molecule has 0 spiro atoms. The predicted octanol–water partition coefficient (Wildman–Crippen LogP) is 4.82. The van der Waals surface area contributed by atoms with Gasteiger partial charge in [0.1, 0.15) is 5.71 Å². The Kier molecular flexibility index (Phi) is 2.94. The largest absolute Gasteiger partial charge is 0.287 e. The maximum atomic E-state index is 12.7. The summed E-state index contributed by atoms with van der Waals surface area (Å²) in [5, 5.41) is 2.21. The number of hydrogen-bond donors (Lipinski definition) is 0. The molecule has 104 valence electrons. The topological polar surface area (TPSA) is 29.4 Å². The van der Waals surface area contributed by atoms with E-state index in [4.69, 9.17) is 0 Å². The number of Topliss-reactive ketones (excluding diaryl/α,β-unsaturated/α-hetero) is 1. The Labute approximate surface area is 128 Å². The van der Waals surface area contributed by atoms with Crippen molar-refractivity contribution in [3.05, 3.63) is 83.9 Å². The second-order valence-corrected chi connectivity index (χ2v) is 5.28. The van der Waals surface area contributed by atoms with Crippen molar-refractivity contribution in [1.82, 2.24) is 0 Å². The van der Waals surface area contributed by atoms with Crippen LogP contribution in [-0.2, 0) is 0 Å². The fourth-order valence-corrected chi connectivity index (χ4v) is 2.70. The van der Waals surface area contributed by atoms with Crippen LogP contribution in [0.3, 0.4) is 0 Å². The van der Waals surface area contributed by atoms with Crippen molar-refractivity contribution in [3.8, 4) is 0 Å². The third kappa shape index (κ3) is 2.15. The van der Waals surface area contributed by atoms with Gasteiger partial charge in [-0.05, 0) is 46.7 Å². The molecule has 0 amide bonds. The van der Waals surface area contributed by atoms with E-state index in [1.54, 1.807) is 6.08 Å². The second-order valence-electron chi connectivity index (χ2n) is 5.28. The summed E-state index contributed by atoms with van der Waals surface area (Å²) in [5.41, 5.74) is 2.94. The molecule has 0 fully saturated rings. The highest BCUT2D eigenvalue weighted by Gasteiger charge is 2.19. The lowest BCUT2D eigenvalue weighted by Gasteiger charge is -2.12. The van der Waals surface area contributed by atoms with Crippen LogP contribution in [-0.4, -0.2) is 11.5 Å². The number of carbonyl (C=O) groups is 1. The fraction of sp³-hybridized carbons (Fsp3) is 0. The van der Waals surface area contributed by atoms with Crippen LogP contribution in [0.1, 0.15) is 15.9 Å². The molecule has 1 aliphatic carbocycles. The van der Waals surface area contributed by atoms with Gasteiger partial charge in [0, 0.05) is 5.56 Å². The molecule has 0 aliphatic heterocycles. The second kappa shape index (κ2) is 5.08. The minimum absolute atomic E-state index is 0.0212. The maximum absolute atomic E-state index is 12.7. The number of allylic oxidation sites excluding steroid dienone is 1. The van der Waals surface area contributed by atoms with E-state index in [0.717, 1.165) is 27.6 Å². The van der Waals surface area contributed by atoms with E-state index < -0.39 is 0 Å². The summed E-state index contributed by atoms with van der Waals surface area (Å²) in [6.45, 7) is 0. The lowest BCUT2D eigenvalue weighted by Crippen LogP contribution is -2.16. The first-order valence-corrected chi connectivity index (χ1v) is 7.20. The third-order valence-electron chi connectivity index (χ3n) is 3.82. The SMILES string of the molecule is O=C1C(=Nc2ccccc2)C=Cc2cc3ccccc3cc21. The monoisotopic (exact) mass is 283 g/mol. The van der Waals surface area contributed by atoms with Gasteiger partial charge < -0.3 is 0 Å². The lowest BCUT2D eigenvalue weighted by atomic mass is 9.92. The Bertz CT molecular complexity index is 936. The third-order valence-corrected chi connectivity index (χ3v) is 3.82. The zero-order chi connectivity index (χ0) is 14.9. The first kappa shape index (κ1) is 12.7. The van der Waals surface area contributed by atoms with Gasteiger partial charge in [0.25, 0.3) is 0 Å². The summed E-state index contributed by atoms with van der Waals surface area (Å²) >= 11 is 0. The average Bonchev–Trinajstić information content (AvgIpc) is 2.57. The molecule has 4 rings (SSSR count). The van der Waals surface area contributed by atoms with Crippen LogP contribution in [0.5, 0.6) is 0 Å². The van der Waals surface area contributed by atoms with Gasteiger partial charge in [-0.15, -0.1) is 0 Å². The van der Waals surface area contributed by atoms with Crippen molar-refractivity contribution in [1.29, 1.82) is 0 Å². The molecule has 0 saturated heterocycles. The van der Waals surface area contributed by atoms with Gasteiger partial charge in [-0.1, -0.05) is 48.5 Å². The van der Waals surface area contributed by atoms with Gasteiger partial charge in [0.2, 0.25) is 5.78 Å². The fourth-order valence-electron chi connectivity index (χ4n) is 2.70. The number of carbonyl (C=O) groups excluding carboxylic acids is 1. The Balaban J connectivity index is 1.84. The van der Waals surface area contributed by atoms with Gasteiger partial charge in [-0.2, -0.15) is 0 Å². The summed E-state index contributed by atoms with van der Waals surface area (Å²) in [7, 11) is 0. The summed E-state index contributed by atoms with van der Waals surface area (Å²) in [6, 6.07) is 21.6. The highest BCUT2D eigenvalue weighted by atomic mass is 16.1. The van der Waals surface area contributed by atoms with Crippen molar-refractivity contribution in [2.45, 2.75) is 0 Å². The van der Waals surface area contributed by atoms with Crippen molar-refractivity contribution < 1.29 is 4.79 Å². The molecule has 2 heteroatoms. The number of hydrogen-bond acceptors (Lipinski definition) is 2. The number of fused-ring (bicyclic) bond motifs is 2. The average molecular weight is 283 g/mol. The van der Waals surface area contributed by atoms with E-state index in [1.165, 1.54) is 0 Å². The molecule has 3 aromatic rings. The molecule has 0 heterocycles. The summed E-state index contributed by atoms with van der Waals surface area (Å²) < 4.78 is 0. The standard InChI is InChI=1S/C20H13NO/c22-20-18-13-15-7-5-4-6-14(15)12-16(18)10-11-19(20)21-17-8-2-1-3-9-17/h1-13H. The van der Waals surface area contributed by atoms with Gasteiger partial charge >= 0.3 is 0 Å². The van der Waals surface area contributed by atoms with Crippen molar-refractivity contribution in [3.63, 3.8) is 0 Å². The summed E-state index contributed by atoms with van der Waals surface area (Å²) in [4.78, 5) is 17.1. The van der Waals surface area contributed by atoms with Crippen LogP contribution < -0.4 is 0 Å². The van der Waals surface area contributed by atoms with Crippen molar-refractivity contribution >= 4 is 34.0 Å². The van der Waals surface area contributed by atoms with Crippen LogP contribution in [0.2, 0.25) is 0 Å². The Morgan fingerprint density at radius 1 is 0.727 bits per heavy atom.